The molecule has 24 heavy (non-hydrogen) atoms. The van der Waals surface area contributed by atoms with Gasteiger partial charge < -0.3 is 10.2 Å². The zero-order chi connectivity index (χ0) is 17.1. The van der Waals surface area contributed by atoms with E-state index in [0.717, 1.165) is 36.1 Å². The zero-order valence-corrected chi connectivity index (χ0v) is 14.5. The zero-order valence-electron chi connectivity index (χ0n) is 14.5. The van der Waals surface area contributed by atoms with Crippen LogP contribution in [0.5, 0.6) is 0 Å². The van der Waals surface area contributed by atoms with Crippen molar-refractivity contribution in [2.45, 2.75) is 33.6 Å². The highest BCUT2D eigenvalue weighted by atomic mass is 16.1. The minimum Gasteiger partial charge on any atom is -0.355 e. The minimum atomic E-state index is -0.228. The van der Waals surface area contributed by atoms with Crippen LogP contribution in [0.15, 0.2) is 30.3 Å². The number of hydrogen-bond donors (Lipinski definition) is 1. The third kappa shape index (κ3) is 3.72. The van der Waals surface area contributed by atoms with Gasteiger partial charge in [0.25, 0.3) is 5.91 Å². The Balaban J connectivity index is 1.67. The van der Waals surface area contributed by atoms with E-state index in [2.05, 4.69) is 27.3 Å². The lowest BCUT2D eigenvalue weighted by atomic mass is 9.99. The molecule has 1 aromatic heterocycles. The number of aryl methyl sites for hydroxylation is 2. The fourth-order valence-corrected chi connectivity index (χ4v) is 2.99. The third-order valence-electron chi connectivity index (χ3n) is 4.62. The molecule has 1 N–H and O–H groups in total. The van der Waals surface area contributed by atoms with Crippen LogP contribution in [-0.2, 0) is 0 Å². The molecular formula is C19H24N4O. The van der Waals surface area contributed by atoms with E-state index in [4.69, 9.17) is 0 Å². The van der Waals surface area contributed by atoms with Crippen LogP contribution < -0.4 is 10.2 Å². The Labute approximate surface area is 143 Å². The molecule has 126 valence electrons. The average Bonchev–Trinajstić information content (AvgIpc) is 2.58. The molecule has 3 rings (SSSR count). The van der Waals surface area contributed by atoms with Crippen LogP contribution in [0, 0.1) is 19.8 Å². The van der Waals surface area contributed by atoms with Crippen molar-refractivity contribution in [1.29, 1.82) is 0 Å². The fourth-order valence-electron chi connectivity index (χ4n) is 2.99. The van der Waals surface area contributed by atoms with Gasteiger partial charge in [-0.25, -0.2) is 0 Å². The number of benzene rings is 1. The lowest BCUT2D eigenvalue weighted by molar-refractivity contribution is 0.102. The van der Waals surface area contributed by atoms with Gasteiger partial charge in [0.2, 0.25) is 0 Å². The smallest absolute Gasteiger partial charge is 0.276 e. The van der Waals surface area contributed by atoms with E-state index in [9.17, 15) is 4.79 Å². The lowest BCUT2D eigenvalue weighted by Crippen LogP contribution is -2.33. The highest BCUT2D eigenvalue weighted by Gasteiger charge is 2.18. The number of carbonyl (C=O) groups excluding carboxylic acids is 1. The third-order valence-corrected chi connectivity index (χ3v) is 4.62. The molecule has 1 fully saturated rings. The van der Waals surface area contributed by atoms with Crippen LogP contribution in [-0.4, -0.2) is 29.2 Å². The van der Waals surface area contributed by atoms with Crippen molar-refractivity contribution in [3.05, 3.63) is 47.2 Å². The van der Waals surface area contributed by atoms with E-state index in [0.29, 0.717) is 5.69 Å². The van der Waals surface area contributed by atoms with Crippen LogP contribution >= 0.6 is 0 Å². The van der Waals surface area contributed by atoms with E-state index >= 15 is 0 Å². The molecular weight excluding hydrogens is 300 g/mol. The molecule has 0 saturated carbocycles. The molecule has 0 aliphatic carbocycles. The predicted octanol–water partition coefficient (Wildman–Crippen LogP) is 3.58. The van der Waals surface area contributed by atoms with Crippen molar-refractivity contribution in [2.75, 3.05) is 23.3 Å². The Morgan fingerprint density at radius 2 is 1.88 bits per heavy atom. The molecule has 1 aliphatic heterocycles. The maximum absolute atomic E-state index is 12.4. The molecule has 0 bridgehead atoms. The predicted molar refractivity (Wildman–Crippen MR) is 96.5 cm³/mol. The average molecular weight is 324 g/mol. The monoisotopic (exact) mass is 324 g/mol. The summed E-state index contributed by atoms with van der Waals surface area (Å²) in [6.45, 7) is 8.30. The first-order valence-electron chi connectivity index (χ1n) is 8.50. The van der Waals surface area contributed by atoms with Gasteiger partial charge in [-0.3, -0.25) is 4.79 Å². The standard InChI is InChI=1S/C19H24N4O/c1-13-8-10-23(11-9-13)18-7-6-17(21-22-18)19(24)20-16-5-4-14(2)12-15(16)3/h4-7,12-13H,8-11H2,1-3H3,(H,20,24). The summed E-state index contributed by atoms with van der Waals surface area (Å²) in [5, 5.41) is 11.3. The first-order chi connectivity index (χ1) is 11.5. The van der Waals surface area contributed by atoms with Gasteiger partial charge in [-0.1, -0.05) is 24.6 Å². The van der Waals surface area contributed by atoms with Crippen LogP contribution in [0.2, 0.25) is 0 Å². The van der Waals surface area contributed by atoms with Gasteiger partial charge >= 0.3 is 0 Å². The summed E-state index contributed by atoms with van der Waals surface area (Å²) in [6.07, 6.45) is 2.35. The highest BCUT2D eigenvalue weighted by Crippen LogP contribution is 2.21. The molecule has 1 saturated heterocycles. The number of nitrogens with zero attached hydrogens (tertiary/aromatic N) is 3. The number of carbonyl (C=O) groups is 1. The van der Waals surface area contributed by atoms with E-state index in [1.165, 1.54) is 18.4 Å². The van der Waals surface area contributed by atoms with Gasteiger partial charge in [-0.2, -0.15) is 0 Å². The largest absolute Gasteiger partial charge is 0.355 e. The van der Waals surface area contributed by atoms with Gasteiger partial charge in [0.05, 0.1) is 0 Å². The second-order valence-corrected chi connectivity index (χ2v) is 6.72. The number of amides is 1. The Bertz CT molecular complexity index is 719. The fraction of sp³-hybridized carbons (Fsp3) is 0.421. The Morgan fingerprint density at radius 3 is 2.50 bits per heavy atom. The van der Waals surface area contributed by atoms with Gasteiger partial charge in [0.15, 0.2) is 11.5 Å². The van der Waals surface area contributed by atoms with Crippen LogP contribution in [0.3, 0.4) is 0 Å². The number of anilines is 2. The van der Waals surface area contributed by atoms with Crippen molar-refractivity contribution >= 4 is 17.4 Å². The van der Waals surface area contributed by atoms with Gasteiger partial charge in [0, 0.05) is 18.8 Å². The van der Waals surface area contributed by atoms with Crippen LogP contribution in [0.1, 0.15) is 41.4 Å². The summed E-state index contributed by atoms with van der Waals surface area (Å²) in [4.78, 5) is 14.6. The number of aromatic nitrogens is 2. The quantitative estimate of drug-likeness (QED) is 0.937. The number of hydrogen-bond acceptors (Lipinski definition) is 4. The Morgan fingerprint density at radius 1 is 1.12 bits per heavy atom. The van der Waals surface area contributed by atoms with Crippen LogP contribution in [0.4, 0.5) is 11.5 Å². The lowest BCUT2D eigenvalue weighted by Gasteiger charge is -2.30. The second kappa shape index (κ2) is 6.99. The molecule has 1 aromatic carbocycles. The summed E-state index contributed by atoms with van der Waals surface area (Å²) >= 11 is 0. The molecule has 5 nitrogen and oxygen atoms in total. The van der Waals surface area contributed by atoms with E-state index in [1.807, 2.05) is 38.1 Å². The Kier molecular flexibility index (Phi) is 4.79. The molecule has 2 aromatic rings. The topological polar surface area (TPSA) is 58.1 Å². The van der Waals surface area contributed by atoms with Crippen molar-refractivity contribution in [2.24, 2.45) is 5.92 Å². The highest BCUT2D eigenvalue weighted by molar-refractivity contribution is 6.03. The summed E-state index contributed by atoms with van der Waals surface area (Å²) in [5.74, 6) is 1.40. The normalized spacial score (nSPS) is 15.4. The summed E-state index contributed by atoms with van der Waals surface area (Å²) in [7, 11) is 0. The first kappa shape index (κ1) is 16.4. The van der Waals surface area contributed by atoms with Gasteiger partial charge in [0.1, 0.15) is 0 Å². The van der Waals surface area contributed by atoms with Crippen molar-refractivity contribution in [1.82, 2.24) is 10.2 Å². The van der Waals surface area contributed by atoms with Gasteiger partial charge in [-0.05, 0) is 56.4 Å². The summed E-state index contributed by atoms with van der Waals surface area (Å²) in [6, 6.07) is 9.58. The molecule has 2 heterocycles. The van der Waals surface area contributed by atoms with Crippen molar-refractivity contribution in [3.8, 4) is 0 Å². The molecule has 0 atom stereocenters. The number of rotatable bonds is 3. The maximum Gasteiger partial charge on any atom is 0.276 e. The SMILES string of the molecule is Cc1ccc(NC(=O)c2ccc(N3CCC(C)CC3)nn2)c(C)c1. The molecule has 0 spiro atoms. The minimum absolute atomic E-state index is 0.228. The van der Waals surface area contributed by atoms with Crippen LogP contribution in [0.25, 0.3) is 0 Å². The first-order valence-corrected chi connectivity index (χ1v) is 8.50. The van der Waals surface area contributed by atoms with Crippen molar-refractivity contribution < 1.29 is 4.79 Å². The Hall–Kier alpha value is -2.43. The van der Waals surface area contributed by atoms with Crippen molar-refractivity contribution in [3.63, 3.8) is 0 Å². The molecule has 0 unspecified atom stereocenters. The second-order valence-electron chi connectivity index (χ2n) is 6.72. The van der Waals surface area contributed by atoms with E-state index in [1.54, 1.807) is 6.07 Å². The molecule has 0 radical (unpaired) electrons. The summed E-state index contributed by atoms with van der Waals surface area (Å²) < 4.78 is 0. The molecule has 5 heteroatoms. The molecule has 1 amide bonds. The van der Waals surface area contributed by atoms with Gasteiger partial charge in [-0.15, -0.1) is 10.2 Å². The van der Waals surface area contributed by atoms with E-state index in [-0.39, 0.29) is 5.91 Å². The molecule has 1 aliphatic rings. The number of piperidine rings is 1. The summed E-state index contributed by atoms with van der Waals surface area (Å²) in [5.41, 5.74) is 3.35. The van der Waals surface area contributed by atoms with E-state index < -0.39 is 0 Å². The maximum atomic E-state index is 12.4. The number of nitrogens with one attached hydrogen (secondary N) is 1.